The van der Waals surface area contributed by atoms with Crippen molar-refractivity contribution in [3.05, 3.63) is 23.9 Å². The summed E-state index contributed by atoms with van der Waals surface area (Å²) in [4.78, 5) is 2.83. The Balaban J connectivity index is 1.92. The summed E-state index contributed by atoms with van der Waals surface area (Å²) in [5, 5.41) is 0. The van der Waals surface area contributed by atoms with Crippen molar-refractivity contribution in [3.8, 4) is 0 Å². The van der Waals surface area contributed by atoms with Crippen molar-refractivity contribution in [2.75, 3.05) is 0 Å². The van der Waals surface area contributed by atoms with Gasteiger partial charge in [-0.15, -0.1) is 0 Å². The van der Waals surface area contributed by atoms with Gasteiger partial charge < -0.3 is 4.90 Å². The first-order chi connectivity index (χ1) is 9.09. The molecule has 1 heterocycles. The Labute approximate surface area is 118 Å². The topological polar surface area (TPSA) is 3.24 Å². The van der Waals surface area contributed by atoms with E-state index in [0.717, 1.165) is 17.9 Å². The molecule has 2 aliphatic carbocycles. The molecule has 0 aromatic rings. The number of piperidine rings is 1. The van der Waals surface area contributed by atoms with Crippen LogP contribution in [0.4, 0.5) is 0 Å². The molecule has 2 unspecified atom stereocenters. The minimum Gasteiger partial charge on any atom is -0.366 e. The van der Waals surface area contributed by atoms with Crippen LogP contribution >= 0.6 is 0 Å². The zero-order chi connectivity index (χ0) is 13.5. The maximum atomic E-state index is 2.83. The van der Waals surface area contributed by atoms with Crippen LogP contribution in [0.2, 0.25) is 0 Å². The SMILES string of the molecule is CC1CC(C)(C)N(C2CCCCC2)C2=CC=CCC21. The smallest absolute Gasteiger partial charge is 0.0349 e. The van der Waals surface area contributed by atoms with Crippen LogP contribution in [0.5, 0.6) is 0 Å². The van der Waals surface area contributed by atoms with Gasteiger partial charge in [-0.3, -0.25) is 0 Å². The molecule has 1 nitrogen and oxygen atoms in total. The van der Waals surface area contributed by atoms with E-state index in [4.69, 9.17) is 0 Å². The highest BCUT2D eigenvalue weighted by Crippen LogP contribution is 2.47. The Morgan fingerprint density at radius 2 is 1.89 bits per heavy atom. The van der Waals surface area contributed by atoms with E-state index in [1.54, 1.807) is 5.70 Å². The van der Waals surface area contributed by atoms with Crippen LogP contribution in [-0.2, 0) is 0 Å². The highest BCUT2D eigenvalue weighted by Gasteiger charge is 2.44. The van der Waals surface area contributed by atoms with Crippen molar-refractivity contribution in [1.82, 2.24) is 4.90 Å². The summed E-state index contributed by atoms with van der Waals surface area (Å²) in [5.41, 5.74) is 1.99. The Morgan fingerprint density at radius 3 is 2.63 bits per heavy atom. The van der Waals surface area contributed by atoms with Crippen molar-refractivity contribution in [2.45, 2.75) is 77.3 Å². The molecule has 0 aromatic heterocycles. The zero-order valence-corrected chi connectivity index (χ0v) is 12.9. The van der Waals surface area contributed by atoms with Gasteiger partial charge in [0.05, 0.1) is 0 Å². The molecule has 0 N–H and O–H groups in total. The molecule has 0 spiro atoms. The van der Waals surface area contributed by atoms with Gasteiger partial charge in [0.2, 0.25) is 0 Å². The van der Waals surface area contributed by atoms with Gasteiger partial charge in [-0.25, -0.2) is 0 Å². The van der Waals surface area contributed by atoms with E-state index >= 15 is 0 Å². The van der Waals surface area contributed by atoms with Crippen LogP contribution in [0.15, 0.2) is 23.9 Å². The van der Waals surface area contributed by atoms with Gasteiger partial charge in [-0.2, -0.15) is 0 Å². The number of rotatable bonds is 1. The molecule has 2 fully saturated rings. The third kappa shape index (κ3) is 2.37. The van der Waals surface area contributed by atoms with Crippen molar-refractivity contribution in [2.24, 2.45) is 11.8 Å². The van der Waals surface area contributed by atoms with Crippen LogP contribution in [0.1, 0.15) is 65.7 Å². The van der Waals surface area contributed by atoms with Crippen molar-refractivity contribution in [3.63, 3.8) is 0 Å². The Morgan fingerprint density at radius 1 is 1.16 bits per heavy atom. The minimum absolute atomic E-state index is 0.342. The zero-order valence-electron chi connectivity index (χ0n) is 12.9. The lowest BCUT2D eigenvalue weighted by Crippen LogP contribution is -2.56. The number of allylic oxidation sites excluding steroid dienone is 4. The summed E-state index contributed by atoms with van der Waals surface area (Å²) in [6.07, 6.45) is 16.8. The first-order valence-electron chi connectivity index (χ1n) is 8.25. The van der Waals surface area contributed by atoms with Crippen molar-refractivity contribution < 1.29 is 0 Å². The fourth-order valence-electron chi connectivity index (χ4n) is 4.84. The fourth-order valence-corrected chi connectivity index (χ4v) is 4.84. The largest absolute Gasteiger partial charge is 0.366 e. The van der Waals surface area contributed by atoms with Crippen LogP contribution in [0.3, 0.4) is 0 Å². The van der Waals surface area contributed by atoms with Gasteiger partial charge >= 0.3 is 0 Å². The molecular formula is C18H29N. The number of likely N-dealkylation sites (tertiary alicyclic amines) is 1. The second kappa shape index (κ2) is 5.00. The predicted molar refractivity (Wildman–Crippen MR) is 81.9 cm³/mol. The van der Waals surface area contributed by atoms with E-state index in [1.807, 2.05) is 0 Å². The lowest BCUT2D eigenvalue weighted by Gasteiger charge is -2.56. The highest BCUT2D eigenvalue weighted by molar-refractivity contribution is 5.26. The predicted octanol–water partition coefficient (Wildman–Crippen LogP) is 4.90. The van der Waals surface area contributed by atoms with Gasteiger partial charge in [0.25, 0.3) is 0 Å². The first-order valence-corrected chi connectivity index (χ1v) is 8.25. The number of hydrogen-bond acceptors (Lipinski definition) is 1. The second-order valence-electron chi connectivity index (χ2n) is 7.52. The van der Waals surface area contributed by atoms with Crippen molar-refractivity contribution in [1.29, 1.82) is 0 Å². The van der Waals surface area contributed by atoms with E-state index in [2.05, 4.69) is 43.9 Å². The maximum absolute atomic E-state index is 2.83. The van der Waals surface area contributed by atoms with Gasteiger partial charge in [-0.05, 0) is 51.5 Å². The molecular weight excluding hydrogens is 230 g/mol. The average molecular weight is 259 g/mol. The summed E-state index contributed by atoms with van der Waals surface area (Å²) in [6, 6.07) is 0.802. The van der Waals surface area contributed by atoms with E-state index in [0.29, 0.717) is 5.54 Å². The molecule has 1 aliphatic heterocycles. The second-order valence-corrected chi connectivity index (χ2v) is 7.52. The molecule has 1 saturated heterocycles. The summed E-state index contributed by atoms with van der Waals surface area (Å²) in [7, 11) is 0. The first kappa shape index (κ1) is 13.3. The Bertz CT molecular complexity index is 384. The van der Waals surface area contributed by atoms with E-state index in [-0.39, 0.29) is 0 Å². The van der Waals surface area contributed by atoms with E-state index < -0.39 is 0 Å². The van der Waals surface area contributed by atoms with Gasteiger partial charge in [0.15, 0.2) is 0 Å². The molecule has 0 amide bonds. The molecule has 106 valence electrons. The van der Waals surface area contributed by atoms with E-state index in [9.17, 15) is 0 Å². The molecule has 3 rings (SSSR count). The molecule has 2 atom stereocenters. The normalized spacial score (nSPS) is 34.9. The third-order valence-corrected chi connectivity index (χ3v) is 5.55. The standard InChI is InChI=1S/C18H29N/c1-14-13-18(2,3)19(15-9-5-4-6-10-15)17-12-8-7-11-16(14)17/h7-8,12,14-16H,4-6,9-11,13H2,1-3H3. The van der Waals surface area contributed by atoms with Gasteiger partial charge in [0.1, 0.15) is 0 Å². The number of hydrogen-bond donors (Lipinski definition) is 0. The van der Waals surface area contributed by atoms with Crippen LogP contribution < -0.4 is 0 Å². The van der Waals surface area contributed by atoms with E-state index in [1.165, 1.54) is 44.9 Å². The Hall–Kier alpha value is -0.720. The Kier molecular flexibility index (Phi) is 3.49. The summed E-state index contributed by atoms with van der Waals surface area (Å²) >= 11 is 0. The lowest BCUT2D eigenvalue weighted by molar-refractivity contribution is 0.0120. The molecule has 0 aromatic carbocycles. The van der Waals surface area contributed by atoms with Crippen LogP contribution in [0.25, 0.3) is 0 Å². The average Bonchev–Trinajstić information content (AvgIpc) is 2.39. The number of fused-ring (bicyclic) bond motifs is 1. The molecule has 0 radical (unpaired) electrons. The third-order valence-electron chi connectivity index (χ3n) is 5.55. The van der Waals surface area contributed by atoms with Crippen LogP contribution in [0, 0.1) is 11.8 Å². The molecule has 0 bridgehead atoms. The molecule has 1 saturated carbocycles. The van der Waals surface area contributed by atoms with Crippen molar-refractivity contribution >= 4 is 0 Å². The lowest BCUT2D eigenvalue weighted by atomic mass is 9.71. The number of nitrogens with zero attached hydrogens (tertiary/aromatic N) is 1. The summed E-state index contributed by atoms with van der Waals surface area (Å²) in [5.74, 6) is 1.60. The summed E-state index contributed by atoms with van der Waals surface area (Å²) in [6.45, 7) is 7.39. The monoisotopic (exact) mass is 259 g/mol. The van der Waals surface area contributed by atoms with Gasteiger partial charge in [-0.1, -0.05) is 38.3 Å². The molecule has 19 heavy (non-hydrogen) atoms. The fraction of sp³-hybridized carbons (Fsp3) is 0.778. The minimum atomic E-state index is 0.342. The highest BCUT2D eigenvalue weighted by atomic mass is 15.2. The maximum Gasteiger partial charge on any atom is 0.0349 e. The quantitative estimate of drug-likeness (QED) is 0.647. The van der Waals surface area contributed by atoms with Crippen LogP contribution in [-0.4, -0.2) is 16.5 Å². The summed E-state index contributed by atoms with van der Waals surface area (Å²) < 4.78 is 0. The molecule has 3 aliphatic rings. The van der Waals surface area contributed by atoms with Gasteiger partial charge in [0, 0.05) is 23.2 Å². The molecule has 1 heteroatoms.